The first-order chi connectivity index (χ1) is 4.86. The molecule has 56 valence electrons. The van der Waals surface area contributed by atoms with E-state index in [4.69, 9.17) is 10.5 Å². The molecule has 0 saturated heterocycles. The molecule has 10 heavy (non-hydrogen) atoms. The third-order valence-electron chi connectivity index (χ3n) is 2.28. The highest BCUT2D eigenvalue weighted by Gasteiger charge is 2.32. The summed E-state index contributed by atoms with van der Waals surface area (Å²) in [6.45, 7) is 0. The van der Waals surface area contributed by atoms with Crippen LogP contribution in [0.15, 0.2) is 4.99 Å². The molecule has 3 heteroatoms. The standard InChI is InChI=1S/C7H12N2O/c8-5-1-2-7-6(3-5)9-4-10-7/h4-7H,1-3,8H2. The molecule has 0 bridgehead atoms. The maximum absolute atomic E-state index is 5.76. The lowest BCUT2D eigenvalue weighted by Gasteiger charge is -2.26. The molecular weight excluding hydrogens is 128 g/mol. The van der Waals surface area contributed by atoms with Crippen molar-refractivity contribution in [3.05, 3.63) is 0 Å². The van der Waals surface area contributed by atoms with E-state index in [-0.39, 0.29) is 0 Å². The van der Waals surface area contributed by atoms with Crippen molar-refractivity contribution in [2.45, 2.75) is 37.5 Å². The Labute approximate surface area is 60.3 Å². The summed E-state index contributed by atoms with van der Waals surface area (Å²) in [6.07, 6.45) is 5.09. The van der Waals surface area contributed by atoms with Crippen molar-refractivity contribution < 1.29 is 4.74 Å². The van der Waals surface area contributed by atoms with Crippen LogP contribution in [0.5, 0.6) is 0 Å². The number of aliphatic imine (C=N–C) groups is 1. The quantitative estimate of drug-likeness (QED) is 0.526. The fraction of sp³-hybridized carbons (Fsp3) is 0.857. The number of nitrogens with two attached hydrogens (primary N) is 1. The van der Waals surface area contributed by atoms with Gasteiger partial charge in [0, 0.05) is 6.04 Å². The molecule has 0 spiro atoms. The molecule has 3 atom stereocenters. The van der Waals surface area contributed by atoms with E-state index in [1.807, 2.05) is 0 Å². The van der Waals surface area contributed by atoms with Gasteiger partial charge in [0.05, 0.1) is 6.04 Å². The molecule has 1 heterocycles. The Hall–Kier alpha value is -0.570. The second-order valence-corrected chi connectivity index (χ2v) is 3.07. The summed E-state index contributed by atoms with van der Waals surface area (Å²) in [5, 5.41) is 0. The molecule has 0 aromatic carbocycles. The molecule has 2 rings (SSSR count). The Morgan fingerprint density at radius 2 is 2.40 bits per heavy atom. The molecule has 0 radical (unpaired) electrons. The Morgan fingerprint density at radius 1 is 1.50 bits per heavy atom. The van der Waals surface area contributed by atoms with Crippen molar-refractivity contribution in [1.29, 1.82) is 0 Å². The van der Waals surface area contributed by atoms with Crippen molar-refractivity contribution in [2.75, 3.05) is 0 Å². The lowest BCUT2D eigenvalue weighted by atomic mass is 9.90. The van der Waals surface area contributed by atoms with Gasteiger partial charge in [-0.2, -0.15) is 0 Å². The number of fused-ring (bicyclic) bond motifs is 1. The minimum absolute atomic E-state index is 0.347. The van der Waals surface area contributed by atoms with Crippen molar-refractivity contribution in [3.63, 3.8) is 0 Å². The lowest BCUT2D eigenvalue weighted by Crippen LogP contribution is -2.37. The van der Waals surface area contributed by atoms with Crippen molar-refractivity contribution in [3.8, 4) is 0 Å². The first kappa shape index (κ1) is 6.16. The zero-order valence-electron chi connectivity index (χ0n) is 5.86. The zero-order valence-corrected chi connectivity index (χ0v) is 5.86. The highest BCUT2D eigenvalue weighted by atomic mass is 16.5. The summed E-state index contributed by atoms with van der Waals surface area (Å²) < 4.78 is 5.26. The summed E-state index contributed by atoms with van der Waals surface area (Å²) in [7, 11) is 0. The van der Waals surface area contributed by atoms with Crippen molar-refractivity contribution >= 4 is 6.40 Å². The van der Waals surface area contributed by atoms with Crippen LogP contribution in [0.2, 0.25) is 0 Å². The van der Waals surface area contributed by atoms with Gasteiger partial charge >= 0.3 is 0 Å². The van der Waals surface area contributed by atoms with Crippen LogP contribution in [-0.2, 0) is 4.74 Å². The van der Waals surface area contributed by atoms with Gasteiger partial charge in [0.25, 0.3) is 0 Å². The molecule has 0 amide bonds. The number of hydrogen-bond donors (Lipinski definition) is 1. The van der Waals surface area contributed by atoms with Gasteiger partial charge in [-0.1, -0.05) is 0 Å². The molecule has 1 aliphatic heterocycles. The van der Waals surface area contributed by atoms with Gasteiger partial charge in [0.2, 0.25) is 0 Å². The van der Waals surface area contributed by atoms with E-state index >= 15 is 0 Å². The second-order valence-electron chi connectivity index (χ2n) is 3.07. The van der Waals surface area contributed by atoms with Gasteiger partial charge < -0.3 is 10.5 Å². The summed E-state index contributed by atoms with van der Waals surface area (Å²) in [5.41, 5.74) is 5.76. The van der Waals surface area contributed by atoms with Gasteiger partial charge in [-0.05, 0) is 19.3 Å². The summed E-state index contributed by atoms with van der Waals surface area (Å²) in [5.74, 6) is 0. The van der Waals surface area contributed by atoms with Crippen LogP contribution < -0.4 is 5.73 Å². The van der Waals surface area contributed by atoms with Crippen LogP contribution in [0.1, 0.15) is 19.3 Å². The van der Waals surface area contributed by atoms with E-state index in [0.717, 1.165) is 19.3 Å². The number of hydrogen-bond acceptors (Lipinski definition) is 3. The van der Waals surface area contributed by atoms with Crippen LogP contribution >= 0.6 is 0 Å². The smallest absolute Gasteiger partial charge is 0.170 e. The monoisotopic (exact) mass is 140 g/mol. The molecule has 3 unspecified atom stereocenters. The highest BCUT2D eigenvalue weighted by Crippen LogP contribution is 2.25. The molecule has 2 N–H and O–H groups in total. The van der Waals surface area contributed by atoms with E-state index in [2.05, 4.69) is 4.99 Å². The maximum Gasteiger partial charge on any atom is 0.170 e. The fourth-order valence-electron chi connectivity index (χ4n) is 1.66. The van der Waals surface area contributed by atoms with Gasteiger partial charge in [0.15, 0.2) is 6.40 Å². The van der Waals surface area contributed by atoms with E-state index in [0.29, 0.717) is 18.2 Å². The maximum atomic E-state index is 5.76. The Balaban J connectivity index is 2.01. The number of nitrogens with zero attached hydrogens (tertiary/aromatic N) is 1. The molecule has 0 aromatic heterocycles. The van der Waals surface area contributed by atoms with Gasteiger partial charge in [-0.15, -0.1) is 0 Å². The third kappa shape index (κ3) is 0.904. The summed E-state index contributed by atoms with van der Waals surface area (Å²) in [4.78, 5) is 4.18. The molecule has 3 nitrogen and oxygen atoms in total. The SMILES string of the molecule is NC1CCC2OC=NC2C1. The predicted molar refractivity (Wildman–Crippen MR) is 39.0 cm³/mol. The fourth-order valence-corrected chi connectivity index (χ4v) is 1.66. The first-order valence-electron chi connectivity index (χ1n) is 3.79. The highest BCUT2D eigenvalue weighted by molar-refractivity contribution is 5.50. The molecule has 1 aliphatic carbocycles. The number of rotatable bonds is 0. The third-order valence-corrected chi connectivity index (χ3v) is 2.28. The lowest BCUT2D eigenvalue weighted by molar-refractivity contribution is 0.150. The van der Waals surface area contributed by atoms with E-state index in [1.165, 1.54) is 0 Å². The zero-order chi connectivity index (χ0) is 6.97. The van der Waals surface area contributed by atoms with E-state index in [1.54, 1.807) is 6.40 Å². The van der Waals surface area contributed by atoms with Crippen LogP contribution in [-0.4, -0.2) is 24.6 Å². The molecule has 0 aromatic rings. The molecule has 2 aliphatic rings. The predicted octanol–water partition coefficient (Wildman–Crippen LogP) is 0.293. The number of ether oxygens (including phenoxy) is 1. The summed E-state index contributed by atoms with van der Waals surface area (Å²) >= 11 is 0. The molecular formula is C7H12N2O. The normalized spacial score (nSPS) is 44.7. The topological polar surface area (TPSA) is 47.6 Å². The second kappa shape index (κ2) is 2.23. The minimum atomic E-state index is 0.347. The first-order valence-corrected chi connectivity index (χ1v) is 3.79. The minimum Gasteiger partial charge on any atom is -0.478 e. The van der Waals surface area contributed by atoms with Crippen LogP contribution in [0.25, 0.3) is 0 Å². The van der Waals surface area contributed by atoms with Gasteiger partial charge in [-0.3, -0.25) is 4.99 Å². The van der Waals surface area contributed by atoms with E-state index in [9.17, 15) is 0 Å². The van der Waals surface area contributed by atoms with Gasteiger partial charge in [-0.25, -0.2) is 0 Å². The van der Waals surface area contributed by atoms with Crippen LogP contribution in [0.3, 0.4) is 0 Å². The van der Waals surface area contributed by atoms with Crippen LogP contribution in [0, 0.1) is 0 Å². The van der Waals surface area contributed by atoms with Crippen molar-refractivity contribution in [1.82, 2.24) is 0 Å². The Bertz CT molecular complexity index is 158. The van der Waals surface area contributed by atoms with Crippen LogP contribution in [0.4, 0.5) is 0 Å². The Kier molecular flexibility index (Phi) is 1.38. The molecule has 1 fully saturated rings. The Morgan fingerprint density at radius 3 is 3.30 bits per heavy atom. The largest absolute Gasteiger partial charge is 0.478 e. The average Bonchev–Trinajstić information content (AvgIpc) is 2.33. The average molecular weight is 140 g/mol. The van der Waals surface area contributed by atoms with Gasteiger partial charge in [0.1, 0.15) is 6.10 Å². The summed E-state index contributed by atoms with van der Waals surface area (Å²) in [6, 6.07) is 0.712. The van der Waals surface area contributed by atoms with Crippen molar-refractivity contribution in [2.24, 2.45) is 10.7 Å². The molecule has 1 saturated carbocycles. The van der Waals surface area contributed by atoms with E-state index < -0.39 is 0 Å².